The first-order valence-corrected chi connectivity index (χ1v) is 8.77. The van der Waals surface area contributed by atoms with E-state index in [4.69, 9.17) is 0 Å². The molecule has 116 valence electrons. The van der Waals surface area contributed by atoms with E-state index >= 15 is 0 Å². The minimum Gasteiger partial charge on any atom is -0.312 e. The van der Waals surface area contributed by atoms with E-state index in [1.54, 1.807) is 11.3 Å². The highest BCUT2D eigenvalue weighted by Gasteiger charge is 2.17. The maximum Gasteiger partial charge on any atom is 0.0794 e. The van der Waals surface area contributed by atoms with Crippen molar-refractivity contribution in [1.29, 1.82) is 0 Å². The molecule has 0 radical (unpaired) electrons. The zero-order valence-electron chi connectivity index (χ0n) is 13.4. The van der Waals surface area contributed by atoms with Crippen LogP contribution in [0.25, 0.3) is 10.6 Å². The third-order valence-corrected chi connectivity index (χ3v) is 4.75. The lowest BCUT2D eigenvalue weighted by Gasteiger charge is -2.25. The molecule has 2 N–H and O–H groups in total. The number of nitrogens with one attached hydrogen (secondary N) is 2. The van der Waals surface area contributed by atoms with Gasteiger partial charge in [0.25, 0.3) is 0 Å². The predicted octanol–water partition coefficient (Wildman–Crippen LogP) is 4.83. The van der Waals surface area contributed by atoms with E-state index in [-0.39, 0.29) is 0 Å². The molecule has 0 amide bonds. The fourth-order valence-electron chi connectivity index (χ4n) is 2.56. The van der Waals surface area contributed by atoms with Crippen LogP contribution in [0.4, 0.5) is 0 Å². The monoisotopic (exact) mass is 305 g/mol. The van der Waals surface area contributed by atoms with Gasteiger partial charge in [-0.05, 0) is 23.3 Å². The van der Waals surface area contributed by atoms with Crippen LogP contribution in [0.1, 0.15) is 52.0 Å². The summed E-state index contributed by atoms with van der Waals surface area (Å²) in [6, 6.07) is 4.21. The van der Waals surface area contributed by atoms with Gasteiger partial charge in [0.15, 0.2) is 0 Å². The Morgan fingerprint density at radius 3 is 2.90 bits per heavy atom. The van der Waals surface area contributed by atoms with Crippen molar-refractivity contribution >= 4 is 11.3 Å². The number of H-pyrrole nitrogens is 1. The van der Waals surface area contributed by atoms with Gasteiger partial charge in [0.1, 0.15) is 0 Å². The van der Waals surface area contributed by atoms with Gasteiger partial charge in [-0.2, -0.15) is 5.10 Å². The maximum absolute atomic E-state index is 4.20. The zero-order valence-corrected chi connectivity index (χ0v) is 14.2. The summed E-state index contributed by atoms with van der Waals surface area (Å²) in [5.41, 5.74) is 2.77. The molecule has 21 heavy (non-hydrogen) atoms. The van der Waals surface area contributed by atoms with Crippen LogP contribution in [-0.2, 0) is 6.54 Å². The number of rotatable bonds is 9. The van der Waals surface area contributed by atoms with Gasteiger partial charge >= 0.3 is 0 Å². The van der Waals surface area contributed by atoms with E-state index in [0.29, 0.717) is 5.41 Å². The SMILES string of the molecule is CCCCCC(C)(C)CNCc1cn[nH]c1-c1cccs1. The second kappa shape index (κ2) is 7.76. The molecule has 0 fully saturated rings. The van der Waals surface area contributed by atoms with Crippen LogP contribution in [0.3, 0.4) is 0 Å². The molecule has 0 saturated heterocycles. The zero-order chi connectivity index (χ0) is 15.1. The van der Waals surface area contributed by atoms with Crippen LogP contribution < -0.4 is 5.32 Å². The molecule has 2 aromatic heterocycles. The highest BCUT2D eigenvalue weighted by atomic mass is 32.1. The average molecular weight is 305 g/mol. The van der Waals surface area contributed by atoms with Crippen LogP contribution in [0, 0.1) is 5.41 Å². The Morgan fingerprint density at radius 1 is 1.33 bits per heavy atom. The summed E-state index contributed by atoms with van der Waals surface area (Å²) in [7, 11) is 0. The van der Waals surface area contributed by atoms with E-state index in [9.17, 15) is 0 Å². The Balaban J connectivity index is 1.83. The number of hydrogen-bond acceptors (Lipinski definition) is 3. The Morgan fingerprint density at radius 2 is 2.19 bits per heavy atom. The Hall–Kier alpha value is -1.13. The van der Waals surface area contributed by atoms with E-state index in [0.717, 1.165) is 18.8 Å². The summed E-state index contributed by atoms with van der Waals surface area (Å²) in [6.07, 6.45) is 7.19. The largest absolute Gasteiger partial charge is 0.312 e. The summed E-state index contributed by atoms with van der Waals surface area (Å²) < 4.78 is 0. The van der Waals surface area contributed by atoms with Gasteiger partial charge in [-0.25, -0.2) is 0 Å². The summed E-state index contributed by atoms with van der Waals surface area (Å²) in [6.45, 7) is 8.89. The Bertz CT molecular complexity index is 514. The van der Waals surface area contributed by atoms with E-state index in [1.807, 2.05) is 6.20 Å². The molecule has 0 aliphatic carbocycles. The van der Waals surface area contributed by atoms with Crippen molar-refractivity contribution in [3.8, 4) is 10.6 Å². The molecule has 2 rings (SSSR count). The Labute approximate surface area is 132 Å². The molecule has 0 atom stereocenters. The molecule has 0 saturated carbocycles. The van der Waals surface area contributed by atoms with E-state index < -0.39 is 0 Å². The standard InChI is InChI=1S/C17H27N3S/c1-4-5-6-9-17(2,3)13-18-11-14-12-19-20-16(14)15-8-7-10-21-15/h7-8,10,12,18H,4-6,9,11,13H2,1-3H3,(H,19,20). The van der Waals surface area contributed by atoms with E-state index in [1.165, 1.54) is 36.1 Å². The van der Waals surface area contributed by atoms with Gasteiger partial charge in [0.05, 0.1) is 16.8 Å². The molecule has 0 spiro atoms. The average Bonchev–Trinajstić information content (AvgIpc) is 3.08. The molecule has 0 aliphatic heterocycles. The minimum absolute atomic E-state index is 0.363. The summed E-state index contributed by atoms with van der Waals surface area (Å²) >= 11 is 1.75. The van der Waals surface area contributed by atoms with Crippen molar-refractivity contribution in [2.75, 3.05) is 6.54 Å². The predicted molar refractivity (Wildman–Crippen MR) is 91.5 cm³/mol. The summed E-state index contributed by atoms with van der Waals surface area (Å²) in [4.78, 5) is 1.26. The number of hydrogen-bond donors (Lipinski definition) is 2. The number of aromatic amines is 1. The lowest BCUT2D eigenvalue weighted by Crippen LogP contribution is -2.29. The number of unbranched alkanes of at least 4 members (excludes halogenated alkanes) is 2. The van der Waals surface area contributed by atoms with Crippen molar-refractivity contribution in [3.63, 3.8) is 0 Å². The third kappa shape index (κ3) is 4.97. The first-order chi connectivity index (χ1) is 10.1. The minimum atomic E-state index is 0.363. The van der Waals surface area contributed by atoms with Crippen LogP contribution in [0.15, 0.2) is 23.7 Å². The quantitative estimate of drug-likeness (QED) is 0.651. The van der Waals surface area contributed by atoms with Gasteiger partial charge in [0.2, 0.25) is 0 Å². The molecular weight excluding hydrogens is 278 g/mol. The van der Waals surface area contributed by atoms with Crippen LogP contribution >= 0.6 is 11.3 Å². The molecule has 0 bridgehead atoms. The van der Waals surface area contributed by atoms with Crippen molar-refractivity contribution in [3.05, 3.63) is 29.3 Å². The molecule has 0 aliphatic rings. The lowest BCUT2D eigenvalue weighted by molar-refractivity contribution is 0.302. The Kier molecular flexibility index (Phi) is 6.00. The fourth-order valence-corrected chi connectivity index (χ4v) is 3.31. The highest BCUT2D eigenvalue weighted by Crippen LogP contribution is 2.26. The number of nitrogens with zero attached hydrogens (tertiary/aromatic N) is 1. The first-order valence-electron chi connectivity index (χ1n) is 7.89. The van der Waals surface area contributed by atoms with Crippen molar-refractivity contribution in [2.24, 2.45) is 5.41 Å². The van der Waals surface area contributed by atoms with Gasteiger partial charge in [-0.1, -0.05) is 46.1 Å². The van der Waals surface area contributed by atoms with E-state index in [2.05, 4.69) is 53.8 Å². The molecule has 0 unspecified atom stereocenters. The summed E-state index contributed by atoms with van der Waals surface area (Å²) in [5.74, 6) is 0. The first kappa shape index (κ1) is 16.2. The third-order valence-electron chi connectivity index (χ3n) is 3.86. The van der Waals surface area contributed by atoms with Crippen molar-refractivity contribution in [2.45, 2.75) is 53.0 Å². The second-order valence-corrected chi connectivity index (χ2v) is 7.42. The van der Waals surface area contributed by atoms with Crippen LogP contribution in [0.2, 0.25) is 0 Å². The van der Waals surface area contributed by atoms with Gasteiger partial charge in [-0.3, -0.25) is 5.10 Å². The van der Waals surface area contributed by atoms with Gasteiger partial charge < -0.3 is 5.32 Å². The maximum atomic E-state index is 4.20. The molecule has 0 aromatic carbocycles. The second-order valence-electron chi connectivity index (χ2n) is 6.47. The van der Waals surface area contributed by atoms with Gasteiger partial charge in [-0.15, -0.1) is 11.3 Å². The normalized spacial score (nSPS) is 12.0. The highest BCUT2D eigenvalue weighted by molar-refractivity contribution is 7.13. The van der Waals surface area contributed by atoms with Crippen LogP contribution in [0.5, 0.6) is 0 Å². The number of thiophene rings is 1. The molecule has 2 heterocycles. The fraction of sp³-hybridized carbons (Fsp3) is 0.588. The van der Waals surface area contributed by atoms with Crippen LogP contribution in [-0.4, -0.2) is 16.7 Å². The lowest BCUT2D eigenvalue weighted by atomic mass is 9.87. The van der Waals surface area contributed by atoms with Crippen molar-refractivity contribution in [1.82, 2.24) is 15.5 Å². The smallest absolute Gasteiger partial charge is 0.0794 e. The molecule has 2 aromatic rings. The molecular formula is C17H27N3S. The van der Waals surface area contributed by atoms with Crippen molar-refractivity contribution < 1.29 is 0 Å². The molecule has 3 nitrogen and oxygen atoms in total. The topological polar surface area (TPSA) is 40.7 Å². The molecule has 4 heteroatoms. The summed E-state index contributed by atoms with van der Waals surface area (Å²) in [5, 5.41) is 13.0. The number of aromatic nitrogens is 2. The van der Waals surface area contributed by atoms with Gasteiger partial charge in [0, 0.05) is 18.7 Å².